The van der Waals surface area contributed by atoms with Gasteiger partial charge in [-0.2, -0.15) is 0 Å². The minimum absolute atomic E-state index is 0.0302. The molecule has 3 aromatic carbocycles. The summed E-state index contributed by atoms with van der Waals surface area (Å²) in [4.78, 5) is 59.5. The average molecular weight is 916 g/mol. The van der Waals surface area contributed by atoms with E-state index in [9.17, 15) is 19.2 Å². The summed E-state index contributed by atoms with van der Waals surface area (Å²) >= 11 is 0. The Morgan fingerprint density at radius 1 is 0.530 bits per heavy atom. The largest absolute Gasteiger partial charge is 0.494 e. The zero-order valence-corrected chi connectivity index (χ0v) is 40.6. The van der Waals surface area contributed by atoms with Gasteiger partial charge in [0.05, 0.1) is 13.2 Å². The van der Waals surface area contributed by atoms with Gasteiger partial charge in [0.2, 0.25) is 5.96 Å². The lowest BCUT2D eigenvalue weighted by molar-refractivity contribution is 0.0360. The van der Waals surface area contributed by atoms with Gasteiger partial charge in [-0.15, -0.1) is 4.99 Å². The van der Waals surface area contributed by atoms with Crippen LogP contribution in [-0.4, -0.2) is 95.6 Å². The van der Waals surface area contributed by atoms with Crippen LogP contribution in [0.25, 0.3) is 0 Å². The van der Waals surface area contributed by atoms with E-state index in [0.29, 0.717) is 67.1 Å². The van der Waals surface area contributed by atoms with Crippen molar-refractivity contribution in [3.63, 3.8) is 0 Å². The number of amidine groups is 2. The first-order valence-electron chi connectivity index (χ1n) is 22.0. The number of carbonyl (C=O) groups is 4. The zero-order valence-electron chi connectivity index (χ0n) is 40.6. The second-order valence-corrected chi connectivity index (χ2v) is 19.2. The molecule has 0 aliphatic heterocycles. The van der Waals surface area contributed by atoms with Gasteiger partial charge in [0.15, 0.2) is 0 Å². The lowest BCUT2D eigenvalue weighted by Gasteiger charge is -2.34. The Bertz CT molecular complexity index is 2120. The van der Waals surface area contributed by atoms with E-state index in [4.69, 9.17) is 39.2 Å². The number of aliphatic imine (C=N–C) groups is 1. The molecule has 0 atom stereocenters. The Hall–Kier alpha value is -6.65. The summed E-state index contributed by atoms with van der Waals surface area (Å²) in [5.41, 5.74) is -1.52. The van der Waals surface area contributed by atoms with Crippen molar-refractivity contribution in [3.05, 3.63) is 90.0 Å². The molecule has 360 valence electrons. The van der Waals surface area contributed by atoms with Gasteiger partial charge in [-0.1, -0.05) is 18.2 Å². The highest BCUT2D eigenvalue weighted by Crippen LogP contribution is 2.22. The molecular weight excluding hydrogens is 847 g/mol. The van der Waals surface area contributed by atoms with Crippen LogP contribution in [0.5, 0.6) is 11.5 Å². The number of hydrogen-bond acceptors (Lipinski definition) is 12. The van der Waals surface area contributed by atoms with Gasteiger partial charge in [-0.3, -0.25) is 21.5 Å². The SMILES string of the molecule is CC(C)(C)OC(=O)/N=C(/N(CCCCOc1ccc(C(=N)NC(=O)OC(C)(C)C)cc1)C(=O)OC(C)(C)C)N(CCCCOc1ccc(C(=N)NC(=O)OC(C)(C)C)cc1)c1ccccc1. The van der Waals surface area contributed by atoms with Crippen LogP contribution in [0, 0.1) is 10.8 Å². The van der Waals surface area contributed by atoms with Crippen LogP contribution in [0.1, 0.15) is 120 Å². The van der Waals surface area contributed by atoms with Gasteiger partial charge < -0.3 is 33.3 Å². The van der Waals surface area contributed by atoms with Gasteiger partial charge in [-0.05, 0) is 169 Å². The number of para-hydroxylation sites is 1. The maximum atomic E-state index is 14.1. The Kier molecular flexibility index (Phi) is 19.6. The normalized spacial score (nSPS) is 12.0. The van der Waals surface area contributed by atoms with Crippen LogP contribution in [0.3, 0.4) is 0 Å². The van der Waals surface area contributed by atoms with Gasteiger partial charge >= 0.3 is 24.4 Å². The second kappa shape index (κ2) is 24.0. The van der Waals surface area contributed by atoms with Gasteiger partial charge in [0.1, 0.15) is 45.6 Å². The van der Waals surface area contributed by atoms with Crippen molar-refractivity contribution >= 4 is 47.7 Å². The van der Waals surface area contributed by atoms with Gasteiger partial charge in [0, 0.05) is 29.9 Å². The average Bonchev–Trinajstić information content (AvgIpc) is 3.18. The van der Waals surface area contributed by atoms with E-state index in [-0.39, 0.29) is 30.8 Å². The molecule has 17 heteroatoms. The number of nitrogens with zero attached hydrogens (tertiary/aromatic N) is 3. The van der Waals surface area contributed by atoms with Crippen molar-refractivity contribution < 1.29 is 47.6 Å². The summed E-state index contributed by atoms with van der Waals surface area (Å²) in [7, 11) is 0. The van der Waals surface area contributed by atoms with Gasteiger partial charge in [0.25, 0.3) is 0 Å². The summed E-state index contributed by atoms with van der Waals surface area (Å²) in [6, 6.07) is 22.8. The number of hydrogen-bond donors (Lipinski definition) is 4. The minimum atomic E-state index is -0.880. The quantitative estimate of drug-likeness (QED) is 0.0487. The molecule has 0 aliphatic carbocycles. The maximum Gasteiger partial charge on any atom is 0.437 e. The molecule has 0 spiro atoms. The number of nitrogens with one attached hydrogen (secondary N) is 4. The minimum Gasteiger partial charge on any atom is -0.494 e. The monoisotopic (exact) mass is 916 g/mol. The summed E-state index contributed by atoms with van der Waals surface area (Å²) in [5.74, 6) is 0.929. The summed E-state index contributed by atoms with van der Waals surface area (Å²) in [6.07, 6.45) is -0.958. The molecule has 3 aromatic rings. The summed E-state index contributed by atoms with van der Waals surface area (Å²) in [5, 5.41) is 21.3. The molecular formula is C49H69N7O10. The predicted octanol–water partition coefficient (Wildman–Crippen LogP) is 10.4. The fraction of sp³-hybridized carbons (Fsp3) is 0.490. The van der Waals surface area contributed by atoms with E-state index in [1.807, 2.05) is 30.3 Å². The van der Waals surface area contributed by atoms with Crippen molar-refractivity contribution in [1.82, 2.24) is 15.5 Å². The molecule has 0 saturated carbocycles. The number of anilines is 1. The van der Waals surface area contributed by atoms with Gasteiger partial charge in [-0.25, -0.2) is 24.1 Å². The van der Waals surface area contributed by atoms with Crippen LogP contribution in [-0.2, 0) is 18.9 Å². The number of benzene rings is 3. The molecule has 66 heavy (non-hydrogen) atoms. The molecule has 0 bridgehead atoms. The second-order valence-electron chi connectivity index (χ2n) is 19.2. The molecule has 0 radical (unpaired) electrons. The lowest BCUT2D eigenvalue weighted by Crippen LogP contribution is -2.50. The standard InChI is InChI=1S/C49H69N7O10/c1-46(2,3)63-42(57)52-39(50)34-22-26-37(27-23-34)61-32-18-16-30-55(36-20-14-13-15-21-36)41(54-44(59)65-48(7,8)9)56(45(60)66-49(10,11)12)31-17-19-33-62-38-28-24-35(25-29-38)40(51)53-43(58)64-47(4,5)6/h13-15,20-29H,16-19,30-33H2,1-12H3,(H2,50,52,57)(H2,51,53,58)/b54-41+. The van der Waals surface area contributed by atoms with Crippen molar-refractivity contribution in [1.29, 1.82) is 10.8 Å². The molecule has 0 saturated heterocycles. The number of guanidine groups is 1. The molecule has 17 nitrogen and oxygen atoms in total. The molecule has 4 amide bonds. The molecule has 0 unspecified atom stereocenters. The highest BCUT2D eigenvalue weighted by Gasteiger charge is 2.31. The first-order chi connectivity index (χ1) is 30.7. The van der Waals surface area contributed by atoms with E-state index in [2.05, 4.69) is 15.6 Å². The topological polar surface area (TPSA) is 214 Å². The number of rotatable bonds is 15. The van der Waals surface area contributed by atoms with E-state index in [1.54, 1.807) is 137 Å². The summed E-state index contributed by atoms with van der Waals surface area (Å²) in [6.45, 7) is 22.0. The number of amides is 4. The third-order valence-electron chi connectivity index (χ3n) is 8.38. The van der Waals surface area contributed by atoms with E-state index in [0.717, 1.165) is 0 Å². The predicted molar refractivity (Wildman–Crippen MR) is 255 cm³/mol. The first-order valence-corrected chi connectivity index (χ1v) is 22.0. The fourth-order valence-corrected chi connectivity index (χ4v) is 5.69. The van der Waals surface area contributed by atoms with Crippen molar-refractivity contribution in [2.24, 2.45) is 4.99 Å². The Morgan fingerprint density at radius 2 is 0.939 bits per heavy atom. The van der Waals surface area contributed by atoms with Crippen molar-refractivity contribution in [2.45, 2.75) is 131 Å². The number of unbranched alkanes of at least 4 members (excludes halogenated alkanes) is 2. The van der Waals surface area contributed by atoms with Crippen molar-refractivity contribution in [2.75, 3.05) is 31.2 Å². The van der Waals surface area contributed by atoms with Crippen LogP contribution in [0.2, 0.25) is 0 Å². The fourth-order valence-electron chi connectivity index (χ4n) is 5.69. The van der Waals surface area contributed by atoms with Crippen molar-refractivity contribution in [3.8, 4) is 11.5 Å². The zero-order chi connectivity index (χ0) is 49.3. The number of carbonyl (C=O) groups excluding carboxylic acids is 4. The molecule has 0 aliphatic rings. The smallest absolute Gasteiger partial charge is 0.437 e. The highest BCUT2D eigenvalue weighted by atomic mass is 16.6. The third kappa shape index (κ3) is 20.9. The molecule has 0 heterocycles. The molecule has 3 rings (SSSR count). The number of alkyl carbamates (subject to hydrolysis) is 2. The Labute approximate surface area is 389 Å². The van der Waals surface area contributed by atoms with Crippen LogP contribution >= 0.6 is 0 Å². The van der Waals surface area contributed by atoms with E-state index in [1.165, 1.54) is 4.90 Å². The Balaban J connectivity index is 1.77. The molecule has 0 aromatic heterocycles. The van der Waals surface area contributed by atoms with E-state index >= 15 is 0 Å². The van der Waals surface area contributed by atoms with E-state index < -0.39 is 46.8 Å². The Morgan fingerprint density at radius 3 is 1.35 bits per heavy atom. The summed E-state index contributed by atoms with van der Waals surface area (Å²) < 4.78 is 34.0. The molecule has 0 fully saturated rings. The number of ether oxygens (including phenoxy) is 6. The maximum absolute atomic E-state index is 14.1. The highest BCUT2D eigenvalue weighted by molar-refractivity contribution is 6.08. The van der Waals surface area contributed by atoms with Crippen LogP contribution in [0.15, 0.2) is 83.9 Å². The molecule has 4 N–H and O–H groups in total. The third-order valence-corrected chi connectivity index (χ3v) is 8.38. The van der Waals surface area contributed by atoms with Crippen LogP contribution in [0.4, 0.5) is 24.9 Å². The lowest BCUT2D eigenvalue weighted by atomic mass is 10.2. The first kappa shape index (κ1) is 53.7. The van der Waals surface area contributed by atoms with Crippen LogP contribution < -0.4 is 25.0 Å².